The number of aryl methyl sites for hydroxylation is 1. The monoisotopic (exact) mass is 273 g/mol. The minimum absolute atomic E-state index is 0.196. The third-order valence-corrected chi connectivity index (χ3v) is 4.96. The van der Waals surface area contributed by atoms with E-state index in [1.54, 1.807) is 13.8 Å². The van der Waals surface area contributed by atoms with Crippen molar-refractivity contribution in [2.75, 3.05) is 0 Å². The smallest absolute Gasteiger partial charge is 0.252 e. The minimum atomic E-state index is -3.55. The second-order valence-corrected chi connectivity index (χ2v) is 6.59. The molecule has 17 heavy (non-hydrogen) atoms. The standard InChI is InChI=1S/C8H11N5O2S2/c1-5(8-10-4-11-12-8)13-17(14,15)7-3-9-6(2)16-7/h3-5,13H,1-2H3,(H,10,11,12). The number of hydrogen-bond donors (Lipinski definition) is 2. The molecule has 2 aromatic rings. The summed E-state index contributed by atoms with van der Waals surface area (Å²) in [6, 6.07) is -0.468. The molecule has 1 unspecified atom stereocenters. The van der Waals surface area contributed by atoms with Gasteiger partial charge in [0, 0.05) is 0 Å². The molecule has 7 nitrogen and oxygen atoms in total. The molecule has 0 amide bonds. The molecule has 0 aromatic carbocycles. The molecule has 92 valence electrons. The summed E-state index contributed by atoms with van der Waals surface area (Å²) in [7, 11) is -3.55. The molecule has 0 saturated carbocycles. The van der Waals surface area contributed by atoms with Gasteiger partial charge in [0.15, 0.2) is 4.21 Å². The zero-order valence-electron chi connectivity index (χ0n) is 9.21. The van der Waals surface area contributed by atoms with Crippen LogP contribution in [0.15, 0.2) is 16.7 Å². The first kappa shape index (κ1) is 12.1. The lowest BCUT2D eigenvalue weighted by Gasteiger charge is -2.09. The summed E-state index contributed by atoms with van der Waals surface area (Å²) in [5.74, 6) is 0.467. The van der Waals surface area contributed by atoms with Crippen LogP contribution in [0.3, 0.4) is 0 Å². The summed E-state index contributed by atoms with van der Waals surface area (Å²) < 4.78 is 26.6. The maximum absolute atomic E-state index is 11.9. The van der Waals surface area contributed by atoms with E-state index in [9.17, 15) is 8.42 Å². The fourth-order valence-electron chi connectivity index (χ4n) is 1.24. The maximum atomic E-state index is 11.9. The van der Waals surface area contributed by atoms with E-state index in [1.165, 1.54) is 12.5 Å². The van der Waals surface area contributed by atoms with Crippen LogP contribution >= 0.6 is 11.3 Å². The lowest BCUT2D eigenvalue weighted by atomic mass is 10.3. The number of nitrogens with zero attached hydrogens (tertiary/aromatic N) is 3. The van der Waals surface area contributed by atoms with E-state index < -0.39 is 16.1 Å². The van der Waals surface area contributed by atoms with E-state index in [0.29, 0.717) is 10.8 Å². The maximum Gasteiger partial charge on any atom is 0.252 e. The van der Waals surface area contributed by atoms with Crippen molar-refractivity contribution >= 4 is 21.4 Å². The van der Waals surface area contributed by atoms with Crippen molar-refractivity contribution in [2.24, 2.45) is 0 Å². The van der Waals surface area contributed by atoms with Gasteiger partial charge in [-0.2, -0.15) is 9.82 Å². The fourth-order valence-corrected chi connectivity index (χ4v) is 3.57. The molecule has 0 radical (unpaired) electrons. The van der Waals surface area contributed by atoms with Crippen molar-refractivity contribution < 1.29 is 8.42 Å². The molecule has 0 fully saturated rings. The SMILES string of the molecule is Cc1ncc(S(=O)(=O)NC(C)c2ncn[nH]2)s1. The number of rotatable bonds is 4. The summed E-state index contributed by atoms with van der Waals surface area (Å²) in [5.41, 5.74) is 0. The van der Waals surface area contributed by atoms with Gasteiger partial charge in [0.2, 0.25) is 0 Å². The number of aromatic amines is 1. The number of nitrogens with one attached hydrogen (secondary N) is 2. The second kappa shape index (κ2) is 4.51. The summed E-state index contributed by atoms with van der Waals surface area (Å²) in [6.07, 6.45) is 2.67. The molecular formula is C8H11N5O2S2. The van der Waals surface area contributed by atoms with E-state index in [1.807, 2.05) is 0 Å². The van der Waals surface area contributed by atoms with Gasteiger partial charge >= 0.3 is 0 Å². The predicted molar refractivity (Wildman–Crippen MR) is 62.0 cm³/mol. The molecule has 0 aliphatic rings. The van der Waals surface area contributed by atoms with E-state index in [-0.39, 0.29) is 4.21 Å². The largest absolute Gasteiger partial charge is 0.262 e. The number of sulfonamides is 1. The van der Waals surface area contributed by atoms with Gasteiger partial charge in [0.1, 0.15) is 12.2 Å². The van der Waals surface area contributed by atoms with E-state index in [2.05, 4.69) is 24.9 Å². The van der Waals surface area contributed by atoms with Gasteiger partial charge in [-0.1, -0.05) is 0 Å². The van der Waals surface area contributed by atoms with Crippen LogP contribution in [0.2, 0.25) is 0 Å². The Morgan fingerprint density at radius 2 is 2.24 bits per heavy atom. The van der Waals surface area contributed by atoms with Crippen molar-refractivity contribution in [3.8, 4) is 0 Å². The first-order valence-corrected chi connectivity index (χ1v) is 7.09. The molecule has 2 N–H and O–H groups in total. The van der Waals surface area contributed by atoms with Gasteiger partial charge in [-0.15, -0.1) is 11.3 Å². The molecule has 0 spiro atoms. The van der Waals surface area contributed by atoms with Gasteiger partial charge in [0.05, 0.1) is 17.2 Å². The van der Waals surface area contributed by atoms with Gasteiger partial charge in [-0.05, 0) is 13.8 Å². The van der Waals surface area contributed by atoms with Gasteiger partial charge in [-0.25, -0.2) is 18.4 Å². The highest BCUT2D eigenvalue weighted by molar-refractivity contribution is 7.91. The summed E-state index contributed by atoms with van der Waals surface area (Å²) in [5, 5.41) is 6.99. The lowest BCUT2D eigenvalue weighted by Crippen LogP contribution is -2.27. The average molecular weight is 273 g/mol. The zero-order valence-corrected chi connectivity index (χ0v) is 10.8. The zero-order chi connectivity index (χ0) is 12.5. The van der Waals surface area contributed by atoms with Crippen molar-refractivity contribution in [3.63, 3.8) is 0 Å². The van der Waals surface area contributed by atoms with E-state index >= 15 is 0 Å². The Bertz CT molecular complexity index is 589. The molecule has 0 aliphatic carbocycles. The number of hydrogen-bond acceptors (Lipinski definition) is 6. The van der Waals surface area contributed by atoms with Crippen molar-refractivity contribution in [2.45, 2.75) is 24.1 Å². The predicted octanol–water partition coefficient (Wildman–Crippen LogP) is 0.609. The van der Waals surface area contributed by atoms with Crippen LogP contribution < -0.4 is 4.72 Å². The number of aromatic nitrogens is 4. The van der Waals surface area contributed by atoms with Gasteiger partial charge in [0.25, 0.3) is 10.0 Å². The van der Waals surface area contributed by atoms with Crippen molar-refractivity contribution in [1.29, 1.82) is 0 Å². The highest BCUT2D eigenvalue weighted by Crippen LogP contribution is 2.19. The highest BCUT2D eigenvalue weighted by Gasteiger charge is 2.21. The van der Waals surface area contributed by atoms with Crippen LogP contribution in [-0.2, 0) is 10.0 Å². The number of thiazole rings is 1. The van der Waals surface area contributed by atoms with Crippen LogP contribution in [0.4, 0.5) is 0 Å². The fraction of sp³-hybridized carbons (Fsp3) is 0.375. The Balaban J connectivity index is 2.18. The molecule has 0 aliphatic heterocycles. The van der Waals surface area contributed by atoms with Crippen molar-refractivity contribution in [3.05, 3.63) is 23.4 Å². The van der Waals surface area contributed by atoms with Crippen LogP contribution in [0.1, 0.15) is 23.8 Å². The van der Waals surface area contributed by atoms with E-state index in [0.717, 1.165) is 11.3 Å². The van der Waals surface area contributed by atoms with Crippen LogP contribution in [0.5, 0.6) is 0 Å². The van der Waals surface area contributed by atoms with E-state index in [4.69, 9.17) is 0 Å². The molecule has 2 rings (SSSR count). The summed E-state index contributed by atoms with van der Waals surface area (Å²) in [6.45, 7) is 3.44. The average Bonchev–Trinajstić information content (AvgIpc) is 2.86. The molecule has 1 atom stereocenters. The Kier molecular flexibility index (Phi) is 3.22. The lowest BCUT2D eigenvalue weighted by molar-refractivity contribution is 0.562. The van der Waals surface area contributed by atoms with Crippen LogP contribution in [0.25, 0.3) is 0 Å². The Morgan fingerprint density at radius 1 is 1.47 bits per heavy atom. The third kappa shape index (κ3) is 2.68. The van der Waals surface area contributed by atoms with Crippen LogP contribution in [-0.4, -0.2) is 28.6 Å². The first-order valence-electron chi connectivity index (χ1n) is 4.79. The highest BCUT2D eigenvalue weighted by atomic mass is 32.2. The normalized spacial score (nSPS) is 13.8. The molecule has 0 bridgehead atoms. The Hall–Kier alpha value is -1.32. The molecule has 2 aromatic heterocycles. The topological polar surface area (TPSA) is 101 Å². The first-order chi connectivity index (χ1) is 7.99. The third-order valence-electron chi connectivity index (χ3n) is 2.04. The summed E-state index contributed by atoms with van der Waals surface area (Å²) in [4.78, 5) is 7.81. The summed E-state index contributed by atoms with van der Waals surface area (Å²) >= 11 is 1.13. The molecule has 2 heterocycles. The minimum Gasteiger partial charge on any atom is -0.262 e. The molecule has 0 saturated heterocycles. The van der Waals surface area contributed by atoms with Crippen LogP contribution in [0, 0.1) is 6.92 Å². The van der Waals surface area contributed by atoms with Crippen molar-refractivity contribution in [1.82, 2.24) is 24.9 Å². The Morgan fingerprint density at radius 3 is 2.76 bits per heavy atom. The molecular weight excluding hydrogens is 262 g/mol. The quantitative estimate of drug-likeness (QED) is 0.850. The second-order valence-electron chi connectivity index (χ2n) is 3.41. The molecule has 9 heteroatoms. The number of H-pyrrole nitrogens is 1. The van der Waals surface area contributed by atoms with Gasteiger partial charge in [-0.3, -0.25) is 5.10 Å². The van der Waals surface area contributed by atoms with Gasteiger partial charge < -0.3 is 0 Å². The Labute approximate surface area is 102 Å².